The molecule has 138 valence electrons. The molecule has 4 heteroatoms. The van der Waals surface area contributed by atoms with E-state index in [-0.39, 0.29) is 23.9 Å². The Bertz CT molecular complexity index is 642. The first-order valence-corrected chi connectivity index (χ1v) is 9.45. The summed E-state index contributed by atoms with van der Waals surface area (Å²) in [4.78, 5) is 12.3. The molecule has 4 atom stereocenters. The molecule has 1 aliphatic heterocycles. The first-order valence-electron chi connectivity index (χ1n) is 9.45. The van der Waals surface area contributed by atoms with E-state index in [9.17, 15) is 9.90 Å². The summed E-state index contributed by atoms with van der Waals surface area (Å²) in [7, 11) is 0. The van der Waals surface area contributed by atoms with E-state index in [1.165, 1.54) is 5.57 Å². The fourth-order valence-corrected chi connectivity index (χ4v) is 4.45. The molecule has 4 nitrogen and oxygen atoms in total. The maximum absolute atomic E-state index is 12.3. The first kappa shape index (κ1) is 18.4. The molecular weight excluding hydrogens is 316 g/mol. The van der Waals surface area contributed by atoms with Crippen molar-refractivity contribution in [2.45, 2.75) is 71.0 Å². The highest BCUT2D eigenvalue weighted by atomic mass is 16.5. The van der Waals surface area contributed by atoms with Gasteiger partial charge in [0.2, 0.25) is 0 Å². The fourth-order valence-electron chi connectivity index (χ4n) is 4.45. The van der Waals surface area contributed by atoms with Gasteiger partial charge in [0, 0.05) is 24.3 Å². The van der Waals surface area contributed by atoms with Gasteiger partial charge in [0.15, 0.2) is 5.78 Å². The zero-order chi connectivity index (χ0) is 18.2. The number of rotatable bonds is 5. The zero-order valence-corrected chi connectivity index (χ0v) is 15.5. The number of hydrogen-bond donors (Lipinski definition) is 2. The van der Waals surface area contributed by atoms with Crippen LogP contribution in [0.2, 0.25) is 0 Å². The van der Waals surface area contributed by atoms with Crippen molar-refractivity contribution >= 4 is 5.78 Å². The molecule has 4 unspecified atom stereocenters. The van der Waals surface area contributed by atoms with Crippen molar-refractivity contribution in [2.24, 2.45) is 11.8 Å². The molecule has 0 saturated carbocycles. The molecule has 2 aliphatic carbocycles. The standard InChI is InChI=1S/C21H30O4/c1-13(12-22)5-4-6-14(2)15-9-10-21(3)17(15)11-16-18(23)7-8-19(24)20(16)25-21/h5,9,14,17,19,22,24H,4,6-8,10-12H2,1-3H3/b13-5+. The topological polar surface area (TPSA) is 66.8 Å². The van der Waals surface area contributed by atoms with Crippen LogP contribution in [0, 0.1) is 11.8 Å². The summed E-state index contributed by atoms with van der Waals surface area (Å²) < 4.78 is 6.24. The van der Waals surface area contributed by atoms with Crippen LogP contribution in [0.15, 0.2) is 34.6 Å². The lowest BCUT2D eigenvalue weighted by Gasteiger charge is -2.43. The summed E-state index contributed by atoms with van der Waals surface area (Å²) in [5.74, 6) is 1.32. The Labute approximate surface area is 150 Å². The highest BCUT2D eigenvalue weighted by Crippen LogP contribution is 2.51. The van der Waals surface area contributed by atoms with Crippen molar-refractivity contribution in [2.75, 3.05) is 6.61 Å². The molecule has 0 bridgehead atoms. The Morgan fingerprint density at radius 2 is 2.28 bits per heavy atom. The van der Waals surface area contributed by atoms with Crippen LogP contribution >= 0.6 is 0 Å². The van der Waals surface area contributed by atoms with E-state index in [1.807, 2.05) is 6.92 Å². The van der Waals surface area contributed by atoms with Crippen LogP contribution in [-0.2, 0) is 9.53 Å². The van der Waals surface area contributed by atoms with Crippen molar-refractivity contribution in [3.8, 4) is 0 Å². The number of ether oxygens (including phenoxy) is 1. The fraction of sp³-hybridized carbons (Fsp3) is 0.667. The maximum atomic E-state index is 12.3. The quantitative estimate of drug-likeness (QED) is 0.748. The van der Waals surface area contributed by atoms with E-state index in [0.29, 0.717) is 30.9 Å². The summed E-state index contributed by atoms with van der Waals surface area (Å²) in [6.07, 6.45) is 8.16. The van der Waals surface area contributed by atoms with E-state index < -0.39 is 6.10 Å². The molecule has 0 saturated heterocycles. The average molecular weight is 346 g/mol. The smallest absolute Gasteiger partial charge is 0.162 e. The van der Waals surface area contributed by atoms with Crippen molar-refractivity contribution in [3.63, 3.8) is 0 Å². The van der Waals surface area contributed by atoms with Gasteiger partial charge < -0.3 is 14.9 Å². The summed E-state index contributed by atoms with van der Waals surface area (Å²) in [5.41, 5.74) is 2.78. The molecule has 0 radical (unpaired) electrons. The van der Waals surface area contributed by atoms with Crippen molar-refractivity contribution < 1.29 is 19.7 Å². The molecule has 0 spiro atoms. The van der Waals surface area contributed by atoms with Crippen LogP contribution < -0.4 is 0 Å². The van der Waals surface area contributed by atoms with Crippen LogP contribution in [0.25, 0.3) is 0 Å². The molecule has 3 aliphatic rings. The SMILES string of the molecule is C/C(=C\CCC(C)C1=CCC2(C)OC3=C(CC12)C(=O)CCC3O)CO. The number of Topliss-reactive ketones (excluding diaryl/α,β-unsaturated/α-hetero) is 1. The molecule has 0 aromatic heterocycles. The number of allylic oxidation sites excluding steroid dienone is 2. The number of ketones is 1. The predicted octanol–water partition coefficient (Wildman–Crippen LogP) is 3.44. The second kappa shape index (κ2) is 7.08. The van der Waals surface area contributed by atoms with Crippen molar-refractivity contribution in [1.29, 1.82) is 0 Å². The Balaban J connectivity index is 1.74. The van der Waals surface area contributed by atoms with Gasteiger partial charge in [-0.15, -0.1) is 0 Å². The zero-order valence-electron chi connectivity index (χ0n) is 15.5. The van der Waals surface area contributed by atoms with E-state index in [0.717, 1.165) is 30.4 Å². The van der Waals surface area contributed by atoms with Crippen LogP contribution in [-0.4, -0.2) is 34.3 Å². The minimum atomic E-state index is -0.626. The maximum Gasteiger partial charge on any atom is 0.162 e. The second-order valence-corrected chi connectivity index (χ2v) is 8.09. The van der Waals surface area contributed by atoms with Crippen LogP contribution in [0.4, 0.5) is 0 Å². The number of hydrogen-bond acceptors (Lipinski definition) is 4. The minimum absolute atomic E-state index is 0.118. The highest BCUT2D eigenvalue weighted by molar-refractivity contribution is 5.97. The molecule has 1 heterocycles. The van der Waals surface area contributed by atoms with E-state index in [1.54, 1.807) is 0 Å². The van der Waals surface area contributed by atoms with Crippen LogP contribution in [0.5, 0.6) is 0 Å². The number of aliphatic hydroxyl groups excluding tert-OH is 2. The molecule has 0 fully saturated rings. The van der Waals surface area contributed by atoms with E-state index >= 15 is 0 Å². The number of fused-ring (bicyclic) bond motifs is 1. The van der Waals surface area contributed by atoms with Gasteiger partial charge in [-0.25, -0.2) is 0 Å². The van der Waals surface area contributed by atoms with Gasteiger partial charge in [-0.1, -0.05) is 30.2 Å². The lowest BCUT2D eigenvalue weighted by molar-refractivity contribution is -0.121. The number of carbonyl (C=O) groups excluding carboxylic acids is 1. The van der Waals surface area contributed by atoms with Gasteiger partial charge in [-0.05, 0) is 45.4 Å². The molecule has 3 rings (SSSR count). The summed E-state index contributed by atoms with van der Waals surface area (Å²) >= 11 is 0. The van der Waals surface area contributed by atoms with Gasteiger partial charge >= 0.3 is 0 Å². The Morgan fingerprint density at radius 3 is 3.00 bits per heavy atom. The number of aliphatic hydroxyl groups is 2. The van der Waals surface area contributed by atoms with Crippen LogP contribution in [0.3, 0.4) is 0 Å². The highest BCUT2D eigenvalue weighted by Gasteiger charge is 2.50. The Hall–Kier alpha value is -1.39. The molecule has 2 N–H and O–H groups in total. The number of carbonyl (C=O) groups is 1. The lowest BCUT2D eigenvalue weighted by atomic mass is 9.74. The summed E-state index contributed by atoms with van der Waals surface area (Å²) in [6.45, 7) is 6.41. The minimum Gasteiger partial charge on any atom is -0.488 e. The largest absolute Gasteiger partial charge is 0.488 e. The summed E-state index contributed by atoms with van der Waals surface area (Å²) in [5, 5.41) is 19.3. The predicted molar refractivity (Wildman–Crippen MR) is 96.8 cm³/mol. The first-order chi connectivity index (χ1) is 11.9. The van der Waals surface area contributed by atoms with Gasteiger partial charge in [-0.3, -0.25) is 4.79 Å². The molecule has 25 heavy (non-hydrogen) atoms. The Morgan fingerprint density at radius 1 is 1.52 bits per heavy atom. The molecule has 0 aromatic carbocycles. The normalized spacial score (nSPS) is 33.6. The van der Waals surface area contributed by atoms with Crippen LogP contribution in [0.1, 0.15) is 59.3 Å². The third-order valence-corrected chi connectivity index (χ3v) is 6.13. The summed E-state index contributed by atoms with van der Waals surface area (Å²) in [6, 6.07) is 0. The lowest BCUT2D eigenvalue weighted by Crippen LogP contribution is -2.44. The van der Waals surface area contributed by atoms with Gasteiger partial charge in [0.25, 0.3) is 0 Å². The molecule has 0 aromatic rings. The third kappa shape index (κ3) is 3.47. The van der Waals surface area contributed by atoms with Gasteiger partial charge in [0.05, 0.1) is 6.61 Å². The monoisotopic (exact) mass is 346 g/mol. The molecular formula is C21H30O4. The van der Waals surface area contributed by atoms with E-state index in [2.05, 4.69) is 26.0 Å². The third-order valence-electron chi connectivity index (χ3n) is 6.13. The second-order valence-electron chi connectivity index (χ2n) is 8.09. The van der Waals surface area contributed by atoms with Gasteiger partial charge in [-0.2, -0.15) is 0 Å². The Kier molecular flexibility index (Phi) is 5.21. The van der Waals surface area contributed by atoms with E-state index in [4.69, 9.17) is 9.84 Å². The van der Waals surface area contributed by atoms with Crippen molar-refractivity contribution in [1.82, 2.24) is 0 Å². The molecule has 0 amide bonds. The van der Waals surface area contributed by atoms with Gasteiger partial charge in [0.1, 0.15) is 17.5 Å². The average Bonchev–Trinajstić information content (AvgIpc) is 2.93. The van der Waals surface area contributed by atoms with Crippen molar-refractivity contribution in [3.05, 3.63) is 34.6 Å².